The summed E-state index contributed by atoms with van der Waals surface area (Å²) in [7, 11) is 0. The Hall–Kier alpha value is -2.83. The summed E-state index contributed by atoms with van der Waals surface area (Å²) in [6.45, 7) is 2.24. The largest absolute Gasteiger partial charge is 0.416 e. The molecular weight excluding hydrogens is 357 g/mol. The fourth-order valence-electron chi connectivity index (χ4n) is 3.06. The summed E-state index contributed by atoms with van der Waals surface area (Å²) in [6, 6.07) is 12.0. The Labute approximate surface area is 155 Å². The van der Waals surface area contributed by atoms with Gasteiger partial charge in [0.15, 0.2) is 0 Å². The summed E-state index contributed by atoms with van der Waals surface area (Å²) < 4.78 is 38.4. The Kier molecular flexibility index (Phi) is 5.21. The van der Waals surface area contributed by atoms with E-state index in [0.29, 0.717) is 5.69 Å². The molecule has 1 fully saturated rings. The van der Waals surface area contributed by atoms with Gasteiger partial charge in [0, 0.05) is 24.3 Å². The Morgan fingerprint density at radius 1 is 1.19 bits per heavy atom. The minimum absolute atomic E-state index is 0.0281. The van der Waals surface area contributed by atoms with Gasteiger partial charge in [-0.15, -0.1) is 0 Å². The van der Waals surface area contributed by atoms with Crippen LogP contribution >= 0.6 is 0 Å². The lowest BCUT2D eigenvalue weighted by Crippen LogP contribution is -2.28. The van der Waals surface area contributed by atoms with Crippen molar-refractivity contribution in [3.8, 4) is 0 Å². The average Bonchev–Trinajstić information content (AvgIpc) is 3.03. The quantitative estimate of drug-likeness (QED) is 0.867. The molecule has 7 heteroatoms. The molecule has 0 spiro atoms. The number of nitrogens with one attached hydrogen (secondary N) is 1. The molecule has 0 aliphatic carbocycles. The van der Waals surface area contributed by atoms with Gasteiger partial charge in [-0.05, 0) is 42.3 Å². The number of nitrogens with zero attached hydrogens (tertiary/aromatic N) is 1. The maximum atomic E-state index is 12.8. The molecule has 27 heavy (non-hydrogen) atoms. The van der Waals surface area contributed by atoms with Crippen molar-refractivity contribution in [1.29, 1.82) is 0 Å². The monoisotopic (exact) mass is 376 g/mol. The van der Waals surface area contributed by atoms with Crippen LogP contribution in [0.2, 0.25) is 0 Å². The van der Waals surface area contributed by atoms with Gasteiger partial charge in [0.25, 0.3) is 0 Å². The molecule has 1 aliphatic heterocycles. The first-order valence-corrected chi connectivity index (χ1v) is 8.65. The third-order valence-electron chi connectivity index (χ3n) is 4.61. The van der Waals surface area contributed by atoms with Crippen LogP contribution in [0.25, 0.3) is 0 Å². The second kappa shape index (κ2) is 7.42. The predicted molar refractivity (Wildman–Crippen MR) is 96.4 cm³/mol. The van der Waals surface area contributed by atoms with Crippen molar-refractivity contribution in [3.05, 3.63) is 59.7 Å². The van der Waals surface area contributed by atoms with E-state index in [4.69, 9.17) is 0 Å². The number of benzene rings is 2. The van der Waals surface area contributed by atoms with Crippen LogP contribution in [0.1, 0.15) is 24.5 Å². The molecule has 0 aromatic heterocycles. The van der Waals surface area contributed by atoms with Crippen LogP contribution in [0.15, 0.2) is 48.5 Å². The van der Waals surface area contributed by atoms with Crippen LogP contribution < -0.4 is 10.2 Å². The highest BCUT2D eigenvalue weighted by Crippen LogP contribution is 2.31. The van der Waals surface area contributed by atoms with Gasteiger partial charge in [0.2, 0.25) is 11.8 Å². The minimum atomic E-state index is -4.48. The molecule has 1 aliphatic rings. The molecular formula is C20H19F3N2O2. The molecule has 1 saturated heterocycles. The second-order valence-corrected chi connectivity index (χ2v) is 6.49. The molecule has 2 aromatic carbocycles. The lowest BCUT2D eigenvalue weighted by atomic mass is 10.1. The third kappa shape index (κ3) is 4.30. The molecule has 1 heterocycles. The SMILES string of the molecule is CCc1ccc(N2C[C@@H](C(=O)Nc3cccc(C(F)(F)F)c3)CC2=O)cc1. The normalized spacial score (nSPS) is 17.3. The molecule has 2 aromatic rings. The summed E-state index contributed by atoms with van der Waals surface area (Å²) in [4.78, 5) is 26.2. The summed E-state index contributed by atoms with van der Waals surface area (Å²) in [5.41, 5.74) is 1.09. The number of aryl methyl sites for hydroxylation is 1. The zero-order chi connectivity index (χ0) is 19.6. The molecule has 4 nitrogen and oxygen atoms in total. The van der Waals surface area contributed by atoms with Crippen LogP contribution in [0.3, 0.4) is 0 Å². The second-order valence-electron chi connectivity index (χ2n) is 6.49. The van der Waals surface area contributed by atoms with Gasteiger partial charge in [0.1, 0.15) is 0 Å². The van der Waals surface area contributed by atoms with Gasteiger partial charge in [0.05, 0.1) is 11.5 Å². The highest BCUT2D eigenvalue weighted by Gasteiger charge is 2.35. The number of hydrogen-bond acceptors (Lipinski definition) is 2. The smallest absolute Gasteiger partial charge is 0.326 e. The Morgan fingerprint density at radius 2 is 1.89 bits per heavy atom. The fraction of sp³-hybridized carbons (Fsp3) is 0.300. The summed E-state index contributed by atoms with van der Waals surface area (Å²) in [5, 5.41) is 2.49. The van der Waals surface area contributed by atoms with Crippen molar-refractivity contribution in [2.75, 3.05) is 16.8 Å². The topological polar surface area (TPSA) is 49.4 Å². The van der Waals surface area contributed by atoms with Crippen molar-refractivity contribution in [3.63, 3.8) is 0 Å². The zero-order valence-electron chi connectivity index (χ0n) is 14.7. The minimum Gasteiger partial charge on any atom is -0.326 e. The number of alkyl halides is 3. The number of carbonyl (C=O) groups excluding carboxylic acids is 2. The van der Waals surface area contributed by atoms with Crippen LogP contribution in [-0.2, 0) is 22.2 Å². The van der Waals surface area contributed by atoms with Gasteiger partial charge in [-0.2, -0.15) is 13.2 Å². The first-order chi connectivity index (χ1) is 12.8. The number of halogens is 3. The Bertz CT molecular complexity index is 847. The Morgan fingerprint density at radius 3 is 2.52 bits per heavy atom. The molecule has 1 N–H and O–H groups in total. The van der Waals surface area contributed by atoms with Crippen molar-refractivity contribution in [1.82, 2.24) is 0 Å². The molecule has 0 saturated carbocycles. The molecule has 3 rings (SSSR count). The maximum absolute atomic E-state index is 12.8. The summed E-state index contributed by atoms with van der Waals surface area (Å²) in [5.74, 6) is -1.25. The molecule has 1 atom stereocenters. The van der Waals surface area contributed by atoms with Crippen molar-refractivity contribution in [2.45, 2.75) is 25.9 Å². The third-order valence-corrected chi connectivity index (χ3v) is 4.61. The van der Waals surface area contributed by atoms with E-state index >= 15 is 0 Å². The molecule has 0 radical (unpaired) electrons. The molecule has 0 unspecified atom stereocenters. The highest BCUT2D eigenvalue weighted by atomic mass is 19.4. The maximum Gasteiger partial charge on any atom is 0.416 e. The van der Waals surface area contributed by atoms with E-state index in [1.807, 2.05) is 31.2 Å². The number of rotatable bonds is 4. The van der Waals surface area contributed by atoms with Crippen molar-refractivity contribution >= 4 is 23.2 Å². The average molecular weight is 376 g/mol. The molecule has 142 valence electrons. The lowest BCUT2D eigenvalue weighted by molar-refractivity contribution is -0.137. The predicted octanol–water partition coefficient (Wildman–Crippen LogP) is 4.26. The fourth-order valence-corrected chi connectivity index (χ4v) is 3.06. The standard InChI is InChI=1S/C20H19F3N2O2/c1-2-13-6-8-17(9-7-13)25-12-14(10-18(25)26)19(27)24-16-5-3-4-15(11-16)20(21,22)23/h3-9,11,14H,2,10,12H2,1H3,(H,24,27)/t14-/m0/s1. The van der Waals surface area contributed by atoms with Crippen molar-refractivity contribution < 1.29 is 22.8 Å². The Balaban J connectivity index is 1.68. The highest BCUT2D eigenvalue weighted by molar-refractivity contribution is 6.03. The van der Waals surface area contributed by atoms with Gasteiger partial charge in [-0.1, -0.05) is 25.1 Å². The number of carbonyl (C=O) groups is 2. The lowest BCUT2D eigenvalue weighted by Gasteiger charge is -2.17. The van der Waals surface area contributed by atoms with E-state index in [0.717, 1.165) is 24.1 Å². The van der Waals surface area contributed by atoms with E-state index in [-0.39, 0.29) is 24.6 Å². The van der Waals surface area contributed by atoms with Gasteiger partial charge in [-0.3, -0.25) is 9.59 Å². The van der Waals surface area contributed by atoms with Crippen LogP contribution in [0.5, 0.6) is 0 Å². The number of hydrogen-bond donors (Lipinski definition) is 1. The van der Waals surface area contributed by atoms with Crippen LogP contribution in [0.4, 0.5) is 24.5 Å². The first-order valence-electron chi connectivity index (χ1n) is 8.65. The first kappa shape index (κ1) is 18.9. The van der Waals surface area contributed by atoms with E-state index in [9.17, 15) is 22.8 Å². The van der Waals surface area contributed by atoms with E-state index < -0.39 is 23.6 Å². The van der Waals surface area contributed by atoms with Gasteiger partial charge >= 0.3 is 6.18 Å². The summed E-state index contributed by atoms with van der Waals surface area (Å²) in [6.07, 6.45) is -3.57. The van der Waals surface area contributed by atoms with E-state index in [1.54, 1.807) is 0 Å². The molecule has 2 amide bonds. The summed E-state index contributed by atoms with van der Waals surface area (Å²) >= 11 is 0. The van der Waals surface area contributed by atoms with Crippen LogP contribution in [-0.4, -0.2) is 18.4 Å². The van der Waals surface area contributed by atoms with Gasteiger partial charge in [-0.25, -0.2) is 0 Å². The van der Waals surface area contributed by atoms with Crippen molar-refractivity contribution in [2.24, 2.45) is 5.92 Å². The van der Waals surface area contributed by atoms with E-state index in [2.05, 4.69) is 5.32 Å². The number of anilines is 2. The number of amides is 2. The zero-order valence-corrected chi connectivity index (χ0v) is 14.7. The van der Waals surface area contributed by atoms with Crippen LogP contribution in [0, 0.1) is 5.92 Å². The van der Waals surface area contributed by atoms with E-state index in [1.165, 1.54) is 17.0 Å². The molecule has 0 bridgehead atoms. The van der Waals surface area contributed by atoms with Gasteiger partial charge < -0.3 is 10.2 Å².